The van der Waals surface area contributed by atoms with Crippen molar-refractivity contribution in [2.24, 2.45) is 0 Å². The van der Waals surface area contributed by atoms with Gasteiger partial charge in [-0.3, -0.25) is 0 Å². The minimum absolute atomic E-state index is 0.574. The largest absolute Gasteiger partial charge is 0.310 e. The van der Waals surface area contributed by atoms with Gasteiger partial charge in [0.2, 0.25) is 0 Å². The number of aryl methyl sites for hydroxylation is 2. The first-order valence-corrected chi connectivity index (χ1v) is 6.22. The average molecular weight is 215 g/mol. The fourth-order valence-corrected chi connectivity index (χ4v) is 2.27. The number of hydrogen-bond donors (Lipinski definition) is 1. The minimum atomic E-state index is 0.574. The van der Waals surface area contributed by atoms with E-state index in [1.165, 1.54) is 29.5 Å². The van der Waals surface area contributed by atoms with E-state index in [2.05, 4.69) is 43.1 Å². The zero-order valence-corrected chi connectivity index (χ0v) is 10.1. The summed E-state index contributed by atoms with van der Waals surface area (Å²) in [4.78, 5) is 0. The van der Waals surface area contributed by atoms with Crippen molar-refractivity contribution < 1.29 is 0 Å². The maximum atomic E-state index is 4.21. The number of hydrogen-bond acceptors (Lipinski definition) is 1. The molecule has 0 saturated carbocycles. The summed E-state index contributed by atoms with van der Waals surface area (Å²) in [6.07, 6.45) is 4.80. The third-order valence-electron chi connectivity index (χ3n) is 3.41. The first-order valence-electron chi connectivity index (χ1n) is 6.22. The topological polar surface area (TPSA) is 12.0 Å². The Morgan fingerprint density at radius 1 is 1.38 bits per heavy atom. The molecule has 0 aromatic heterocycles. The van der Waals surface area contributed by atoms with Gasteiger partial charge in [0.1, 0.15) is 0 Å². The molecule has 1 nitrogen and oxygen atoms in total. The Labute approximate surface area is 98.6 Å². The molecule has 1 aliphatic rings. The highest BCUT2D eigenvalue weighted by atomic mass is 14.9. The normalized spacial score (nSPS) is 19.9. The molecule has 1 heteroatoms. The van der Waals surface area contributed by atoms with Gasteiger partial charge < -0.3 is 5.32 Å². The Morgan fingerprint density at radius 3 is 2.75 bits per heavy atom. The molecule has 0 radical (unpaired) electrons. The summed E-state index contributed by atoms with van der Waals surface area (Å²) in [5, 5.41) is 3.50. The van der Waals surface area contributed by atoms with Crippen LogP contribution in [-0.2, 0) is 6.42 Å². The van der Waals surface area contributed by atoms with Crippen molar-refractivity contribution in [2.45, 2.75) is 38.6 Å². The Hall–Kier alpha value is -1.08. The molecule has 1 N–H and O–H groups in total. The van der Waals surface area contributed by atoms with Crippen LogP contribution in [0.15, 0.2) is 36.4 Å². The molecule has 86 valence electrons. The van der Waals surface area contributed by atoms with E-state index in [-0.39, 0.29) is 0 Å². The van der Waals surface area contributed by atoms with E-state index in [4.69, 9.17) is 0 Å². The molecule has 0 amide bonds. The fraction of sp³-hybridized carbons (Fsp3) is 0.467. The number of rotatable bonds is 4. The van der Waals surface area contributed by atoms with Crippen LogP contribution in [0.2, 0.25) is 0 Å². The fourth-order valence-electron chi connectivity index (χ4n) is 2.27. The van der Waals surface area contributed by atoms with Gasteiger partial charge in [0.15, 0.2) is 0 Å². The highest BCUT2D eigenvalue weighted by Crippen LogP contribution is 2.17. The van der Waals surface area contributed by atoms with Crippen LogP contribution in [-0.4, -0.2) is 12.6 Å². The highest BCUT2D eigenvalue weighted by Gasteiger charge is 2.16. The average Bonchev–Trinajstić information content (AvgIpc) is 2.81. The molecule has 1 fully saturated rings. The van der Waals surface area contributed by atoms with Gasteiger partial charge in [-0.05, 0) is 44.7 Å². The second kappa shape index (κ2) is 5.31. The summed E-state index contributed by atoms with van der Waals surface area (Å²) < 4.78 is 0. The van der Waals surface area contributed by atoms with Gasteiger partial charge in [0.05, 0.1) is 0 Å². The van der Waals surface area contributed by atoms with Crippen molar-refractivity contribution in [3.05, 3.63) is 47.5 Å². The van der Waals surface area contributed by atoms with E-state index in [1.807, 2.05) is 0 Å². The lowest BCUT2D eigenvalue weighted by atomic mass is 9.99. The van der Waals surface area contributed by atoms with Gasteiger partial charge in [-0.15, -0.1) is 0 Å². The minimum Gasteiger partial charge on any atom is -0.310 e. The predicted molar refractivity (Wildman–Crippen MR) is 69.7 cm³/mol. The third kappa shape index (κ3) is 2.96. The van der Waals surface area contributed by atoms with E-state index >= 15 is 0 Å². The van der Waals surface area contributed by atoms with E-state index in [0.717, 1.165) is 19.4 Å². The van der Waals surface area contributed by atoms with E-state index in [1.54, 1.807) is 0 Å². The zero-order chi connectivity index (χ0) is 11.4. The van der Waals surface area contributed by atoms with Crippen LogP contribution in [0.25, 0.3) is 0 Å². The number of benzene rings is 1. The molecular weight excluding hydrogens is 194 g/mol. The third-order valence-corrected chi connectivity index (χ3v) is 3.41. The molecular formula is C15H21N. The maximum absolute atomic E-state index is 4.21. The van der Waals surface area contributed by atoms with Crippen LogP contribution >= 0.6 is 0 Å². The first kappa shape index (κ1) is 11.4. The molecule has 0 bridgehead atoms. The quantitative estimate of drug-likeness (QED) is 0.760. The zero-order valence-electron chi connectivity index (χ0n) is 10.1. The molecule has 0 spiro atoms. The maximum Gasteiger partial charge on any atom is 0.0277 e. The van der Waals surface area contributed by atoms with Gasteiger partial charge in [-0.1, -0.05) is 42.0 Å². The Morgan fingerprint density at radius 2 is 2.12 bits per heavy atom. The van der Waals surface area contributed by atoms with Gasteiger partial charge in [0.25, 0.3) is 0 Å². The van der Waals surface area contributed by atoms with Crippen molar-refractivity contribution in [3.8, 4) is 0 Å². The molecule has 2 rings (SSSR count). The second-order valence-electron chi connectivity index (χ2n) is 4.79. The van der Waals surface area contributed by atoms with Crippen molar-refractivity contribution in [2.75, 3.05) is 6.54 Å². The summed E-state index contributed by atoms with van der Waals surface area (Å²) in [6.45, 7) is 7.50. The Bertz CT molecular complexity index is 344. The SMILES string of the molecule is C=C(CCc1ccc(C)cc1)C1CCCN1. The van der Waals surface area contributed by atoms with Crippen molar-refractivity contribution >= 4 is 0 Å². The molecule has 0 aliphatic carbocycles. The van der Waals surface area contributed by atoms with Crippen LogP contribution in [0.3, 0.4) is 0 Å². The summed E-state index contributed by atoms with van der Waals surface area (Å²) in [6, 6.07) is 9.40. The number of nitrogens with one attached hydrogen (secondary N) is 1. The van der Waals surface area contributed by atoms with Gasteiger partial charge >= 0.3 is 0 Å². The summed E-state index contributed by atoms with van der Waals surface area (Å²) in [7, 11) is 0. The summed E-state index contributed by atoms with van der Waals surface area (Å²) in [5.41, 5.74) is 4.13. The van der Waals surface area contributed by atoms with Crippen LogP contribution in [0, 0.1) is 6.92 Å². The second-order valence-corrected chi connectivity index (χ2v) is 4.79. The van der Waals surface area contributed by atoms with Gasteiger partial charge in [0, 0.05) is 6.04 Å². The van der Waals surface area contributed by atoms with Crippen molar-refractivity contribution in [1.82, 2.24) is 5.32 Å². The predicted octanol–water partition coefficient (Wildman–Crippen LogP) is 3.24. The highest BCUT2D eigenvalue weighted by molar-refractivity contribution is 5.22. The molecule has 1 aromatic rings. The molecule has 1 aliphatic heterocycles. The van der Waals surface area contributed by atoms with Gasteiger partial charge in [-0.25, -0.2) is 0 Å². The molecule has 1 aromatic carbocycles. The lowest BCUT2D eigenvalue weighted by Crippen LogP contribution is -2.23. The molecule has 1 atom stereocenters. The molecule has 1 saturated heterocycles. The van der Waals surface area contributed by atoms with Gasteiger partial charge in [-0.2, -0.15) is 0 Å². The molecule has 16 heavy (non-hydrogen) atoms. The summed E-state index contributed by atoms with van der Waals surface area (Å²) >= 11 is 0. The monoisotopic (exact) mass is 215 g/mol. The molecule has 1 heterocycles. The molecule has 1 unspecified atom stereocenters. The summed E-state index contributed by atoms with van der Waals surface area (Å²) in [5.74, 6) is 0. The smallest absolute Gasteiger partial charge is 0.0277 e. The van der Waals surface area contributed by atoms with E-state index in [9.17, 15) is 0 Å². The first-order chi connectivity index (χ1) is 7.75. The van der Waals surface area contributed by atoms with E-state index in [0.29, 0.717) is 6.04 Å². The van der Waals surface area contributed by atoms with Crippen molar-refractivity contribution in [1.29, 1.82) is 0 Å². The van der Waals surface area contributed by atoms with Crippen LogP contribution in [0.5, 0.6) is 0 Å². The van der Waals surface area contributed by atoms with Crippen LogP contribution < -0.4 is 5.32 Å². The van der Waals surface area contributed by atoms with E-state index < -0.39 is 0 Å². The standard InChI is InChI=1S/C15H21N/c1-12-5-8-14(9-6-12)10-7-13(2)15-4-3-11-16-15/h5-6,8-9,15-16H,2-4,7,10-11H2,1H3. The van der Waals surface area contributed by atoms with Crippen LogP contribution in [0.1, 0.15) is 30.4 Å². The lowest BCUT2D eigenvalue weighted by molar-refractivity contribution is 0.658. The Kier molecular flexibility index (Phi) is 3.79. The lowest BCUT2D eigenvalue weighted by Gasteiger charge is -2.13. The van der Waals surface area contributed by atoms with Crippen LogP contribution in [0.4, 0.5) is 0 Å². The Balaban J connectivity index is 1.82. The van der Waals surface area contributed by atoms with Crippen molar-refractivity contribution in [3.63, 3.8) is 0 Å².